The molecule has 2 N–H and O–H groups in total. The van der Waals surface area contributed by atoms with E-state index in [0.717, 1.165) is 37.0 Å². The van der Waals surface area contributed by atoms with Gasteiger partial charge in [-0.15, -0.1) is 10.2 Å². The van der Waals surface area contributed by atoms with Crippen LogP contribution in [0, 0.1) is 0 Å². The van der Waals surface area contributed by atoms with Crippen LogP contribution in [0.3, 0.4) is 0 Å². The second kappa shape index (κ2) is 8.49. The topological polar surface area (TPSA) is 83.0 Å². The number of benzene rings is 1. The minimum absolute atomic E-state index is 0.190. The number of nitrogens with two attached hydrogens (primary N) is 1. The van der Waals surface area contributed by atoms with Gasteiger partial charge in [-0.2, -0.15) is 0 Å². The van der Waals surface area contributed by atoms with Gasteiger partial charge >= 0.3 is 0 Å². The number of hydrogen-bond acceptors (Lipinski definition) is 5. The van der Waals surface area contributed by atoms with E-state index in [1.807, 2.05) is 18.2 Å². The standard InChI is InChI=1S/C18H24N4O2S/c1-13(14-6-3-2-4-7-14)25-18-21-20-17(10-9-16(19)23)22(18)12-15-8-5-11-24-15/h2-4,6-7,13,15H,5,8-12H2,1H3,(H2,19,23). The van der Waals surface area contributed by atoms with Gasteiger partial charge in [0, 0.05) is 24.7 Å². The smallest absolute Gasteiger partial charge is 0.217 e. The number of nitrogens with zero attached hydrogens (tertiary/aromatic N) is 3. The summed E-state index contributed by atoms with van der Waals surface area (Å²) >= 11 is 1.68. The summed E-state index contributed by atoms with van der Waals surface area (Å²) in [5.74, 6) is 0.482. The highest BCUT2D eigenvalue weighted by Gasteiger charge is 2.22. The van der Waals surface area contributed by atoms with E-state index in [2.05, 4.69) is 33.8 Å². The molecule has 2 heterocycles. The monoisotopic (exact) mass is 360 g/mol. The Labute approximate surface area is 152 Å². The van der Waals surface area contributed by atoms with Crippen LogP contribution < -0.4 is 5.73 Å². The van der Waals surface area contributed by atoms with Gasteiger partial charge in [0.1, 0.15) is 5.82 Å². The van der Waals surface area contributed by atoms with E-state index < -0.39 is 0 Å². The van der Waals surface area contributed by atoms with E-state index in [0.29, 0.717) is 6.42 Å². The fraction of sp³-hybridized carbons (Fsp3) is 0.500. The van der Waals surface area contributed by atoms with Gasteiger partial charge in [-0.3, -0.25) is 4.79 Å². The predicted octanol–water partition coefficient (Wildman–Crippen LogP) is 2.73. The van der Waals surface area contributed by atoms with Crippen molar-refractivity contribution in [3.8, 4) is 0 Å². The molecule has 1 saturated heterocycles. The zero-order chi connectivity index (χ0) is 17.6. The van der Waals surface area contributed by atoms with Gasteiger partial charge in [0.25, 0.3) is 0 Å². The SMILES string of the molecule is CC(Sc1nnc(CCC(N)=O)n1CC1CCCO1)c1ccccc1. The van der Waals surface area contributed by atoms with Crippen LogP contribution in [-0.2, 0) is 22.5 Å². The summed E-state index contributed by atoms with van der Waals surface area (Å²) in [4.78, 5) is 11.1. The fourth-order valence-electron chi connectivity index (χ4n) is 2.95. The van der Waals surface area contributed by atoms with Crippen LogP contribution in [0.25, 0.3) is 0 Å². The quantitative estimate of drug-likeness (QED) is 0.732. The van der Waals surface area contributed by atoms with Crippen molar-refractivity contribution in [2.45, 2.75) is 55.7 Å². The lowest BCUT2D eigenvalue weighted by molar-refractivity contribution is -0.118. The van der Waals surface area contributed by atoms with Crippen LogP contribution >= 0.6 is 11.8 Å². The van der Waals surface area contributed by atoms with E-state index in [1.54, 1.807) is 11.8 Å². The molecule has 2 atom stereocenters. The van der Waals surface area contributed by atoms with E-state index in [9.17, 15) is 4.79 Å². The molecule has 1 aromatic heterocycles. The molecule has 25 heavy (non-hydrogen) atoms. The summed E-state index contributed by atoms with van der Waals surface area (Å²) in [6, 6.07) is 10.3. The van der Waals surface area contributed by atoms with Crippen molar-refractivity contribution in [2.24, 2.45) is 5.73 Å². The average Bonchev–Trinajstić information content (AvgIpc) is 3.25. The second-order valence-corrected chi connectivity index (χ2v) is 7.59. The Bertz CT molecular complexity index is 698. The zero-order valence-electron chi connectivity index (χ0n) is 14.4. The number of hydrogen-bond donors (Lipinski definition) is 1. The number of thioether (sulfide) groups is 1. The summed E-state index contributed by atoms with van der Waals surface area (Å²) in [5, 5.41) is 9.80. The van der Waals surface area contributed by atoms with Crippen molar-refractivity contribution >= 4 is 17.7 Å². The molecule has 6 nitrogen and oxygen atoms in total. The van der Waals surface area contributed by atoms with Crippen molar-refractivity contribution in [3.63, 3.8) is 0 Å². The van der Waals surface area contributed by atoms with Gasteiger partial charge < -0.3 is 15.0 Å². The van der Waals surface area contributed by atoms with Crippen LogP contribution in [-0.4, -0.2) is 33.4 Å². The number of ether oxygens (including phenoxy) is 1. The first-order chi connectivity index (χ1) is 12.1. The van der Waals surface area contributed by atoms with Crippen molar-refractivity contribution in [1.82, 2.24) is 14.8 Å². The highest BCUT2D eigenvalue weighted by Crippen LogP contribution is 2.34. The largest absolute Gasteiger partial charge is 0.376 e. The van der Waals surface area contributed by atoms with Crippen LogP contribution in [0.1, 0.15) is 42.8 Å². The summed E-state index contributed by atoms with van der Waals surface area (Å²) in [7, 11) is 0. The average molecular weight is 360 g/mol. The van der Waals surface area contributed by atoms with Crippen molar-refractivity contribution in [3.05, 3.63) is 41.7 Å². The lowest BCUT2D eigenvalue weighted by atomic mass is 10.2. The lowest BCUT2D eigenvalue weighted by Gasteiger charge is -2.16. The first-order valence-corrected chi connectivity index (χ1v) is 9.55. The highest BCUT2D eigenvalue weighted by atomic mass is 32.2. The lowest BCUT2D eigenvalue weighted by Crippen LogP contribution is -2.19. The second-order valence-electron chi connectivity index (χ2n) is 6.28. The minimum Gasteiger partial charge on any atom is -0.376 e. The Morgan fingerprint density at radius 1 is 1.40 bits per heavy atom. The number of primary amides is 1. The van der Waals surface area contributed by atoms with Crippen molar-refractivity contribution in [1.29, 1.82) is 0 Å². The number of carbonyl (C=O) groups is 1. The molecule has 3 rings (SSSR count). The molecular formula is C18H24N4O2S. The molecule has 1 fully saturated rings. The third kappa shape index (κ3) is 4.83. The Morgan fingerprint density at radius 3 is 2.88 bits per heavy atom. The summed E-state index contributed by atoms with van der Waals surface area (Å²) in [5.41, 5.74) is 6.54. The Hall–Kier alpha value is -1.86. The number of aryl methyl sites for hydroxylation is 1. The third-order valence-electron chi connectivity index (χ3n) is 4.35. The number of carbonyl (C=O) groups excluding carboxylic acids is 1. The maximum atomic E-state index is 11.1. The van der Waals surface area contributed by atoms with Crippen LogP contribution in [0.4, 0.5) is 0 Å². The van der Waals surface area contributed by atoms with Crippen molar-refractivity contribution < 1.29 is 9.53 Å². The molecule has 0 bridgehead atoms. The van der Waals surface area contributed by atoms with Gasteiger partial charge in [-0.1, -0.05) is 42.1 Å². The number of amides is 1. The minimum atomic E-state index is -0.321. The van der Waals surface area contributed by atoms with E-state index in [1.165, 1.54) is 5.56 Å². The van der Waals surface area contributed by atoms with Crippen molar-refractivity contribution in [2.75, 3.05) is 6.61 Å². The maximum absolute atomic E-state index is 11.1. The van der Waals surface area contributed by atoms with Gasteiger partial charge in [0.2, 0.25) is 5.91 Å². The predicted molar refractivity (Wildman–Crippen MR) is 97.2 cm³/mol. The summed E-state index contributed by atoms with van der Waals surface area (Å²) in [6.07, 6.45) is 3.12. The van der Waals surface area contributed by atoms with Gasteiger partial charge in [-0.05, 0) is 25.3 Å². The third-order valence-corrected chi connectivity index (χ3v) is 5.49. The maximum Gasteiger partial charge on any atom is 0.217 e. The van der Waals surface area contributed by atoms with E-state index in [-0.39, 0.29) is 23.7 Å². The van der Waals surface area contributed by atoms with Gasteiger partial charge in [0.05, 0.1) is 12.6 Å². The molecule has 1 aliphatic rings. The molecule has 1 aromatic carbocycles. The van der Waals surface area contributed by atoms with Crippen LogP contribution in [0.2, 0.25) is 0 Å². The normalized spacial score (nSPS) is 18.4. The van der Waals surface area contributed by atoms with Crippen LogP contribution in [0.15, 0.2) is 35.5 Å². The molecule has 1 aliphatic heterocycles. The molecule has 0 radical (unpaired) electrons. The Kier molecular flexibility index (Phi) is 6.09. The van der Waals surface area contributed by atoms with Crippen LogP contribution in [0.5, 0.6) is 0 Å². The first-order valence-electron chi connectivity index (χ1n) is 8.67. The molecule has 2 aromatic rings. The first kappa shape index (κ1) is 17.9. The van der Waals surface area contributed by atoms with E-state index in [4.69, 9.17) is 10.5 Å². The molecule has 7 heteroatoms. The number of rotatable bonds is 8. The summed E-state index contributed by atoms with van der Waals surface area (Å²) in [6.45, 7) is 3.70. The molecule has 2 unspecified atom stereocenters. The number of aromatic nitrogens is 3. The molecule has 0 spiro atoms. The zero-order valence-corrected chi connectivity index (χ0v) is 15.2. The Balaban J connectivity index is 1.77. The van der Waals surface area contributed by atoms with Gasteiger partial charge in [-0.25, -0.2) is 0 Å². The molecule has 0 saturated carbocycles. The molecule has 134 valence electrons. The fourth-order valence-corrected chi connectivity index (χ4v) is 3.96. The van der Waals surface area contributed by atoms with Gasteiger partial charge in [0.15, 0.2) is 5.16 Å². The molecule has 1 amide bonds. The molecular weight excluding hydrogens is 336 g/mol. The van der Waals surface area contributed by atoms with E-state index >= 15 is 0 Å². The highest BCUT2D eigenvalue weighted by molar-refractivity contribution is 7.99. The summed E-state index contributed by atoms with van der Waals surface area (Å²) < 4.78 is 7.87. The molecule has 0 aliphatic carbocycles. The Morgan fingerprint density at radius 2 is 2.20 bits per heavy atom.